The normalized spacial score (nSPS) is 13.5. The Hall–Kier alpha value is -3.08. The molecule has 152 valence electrons. The van der Waals surface area contributed by atoms with Crippen LogP contribution in [0.1, 0.15) is 60.2 Å². The minimum atomic E-state index is -1.26. The molecule has 1 fully saturated rings. The highest BCUT2D eigenvalue weighted by Crippen LogP contribution is 2.41. The molecule has 0 amide bonds. The van der Waals surface area contributed by atoms with Gasteiger partial charge in [0.05, 0.1) is 6.10 Å². The van der Waals surface area contributed by atoms with Crippen molar-refractivity contribution in [1.29, 1.82) is 0 Å². The maximum Gasteiger partial charge on any atom is 0.340 e. The van der Waals surface area contributed by atoms with Crippen molar-refractivity contribution in [2.45, 2.75) is 45.6 Å². The van der Waals surface area contributed by atoms with E-state index in [1.165, 1.54) is 24.3 Å². The molecule has 0 spiro atoms. The number of phenols is 1. The summed E-state index contributed by atoms with van der Waals surface area (Å²) in [7, 11) is 0. The number of carbonyl (C=O) groups is 1. The molecule has 5 heteroatoms. The molecule has 0 aliphatic heterocycles. The second-order valence-corrected chi connectivity index (χ2v) is 7.57. The lowest BCUT2D eigenvalue weighted by molar-refractivity contribution is 0.0693. The molecule has 2 aromatic carbocycles. The number of carboxylic acid groups (broad SMARTS) is 1. The second kappa shape index (κ2) is 8.52. The fraction of sp³-hybridized carbons (Fsp3) is 0.292. The SMILES string of the molecule is C=C(c1ccc(F)cc1)c1cc(OC2CCC2)c(CC=C(C)C)c(O)c1C(=O)O. The first-order valence-electron chi connectivity index (χ1n) is 9.65. The number of hydrogen-bond donors (Lipinski definition) is 2. The van der Waals surface area contributed by atoms with E-state index in [1.807, 2.05) is 19.9 Å². The van der Waals surface area contributed by atoms with Crippen molar-refractivity contribution in [2.75, 3.05) is 0 Å². The van der Waals surface area contributed by atoms with Crippen LogP contribution in [0.3, 0.4) is 0 Å². The monoisotopic (exact) mass is 396 g/mol. The van der Waals surface area contributed by atoms with Crippen molar-refractivity contribution in [3.8, 4) is 11.5 Å². The van der Waals surface area contributed by atoms with Crippen molar-refractivity contribution in [3.63, 3.8) is 0 Å². The summed E-state index contributed by atoms with van der Waals surface area (Å²) in [6, 6.07) is 7.28. The molecule has 0 saturated heterocycles. The highest BCUT2D eigenvalue weighted by atomic mass is 19.1. The molecule has 4 nitrogen and oxygen atoms in total. The first kappa shape index (κ1) is 20.6. The van der Waals surface area contributed by atoms with E-state index in [-0.39, 0.29) is 23.0 Å². The Balaban J connectivity index is 2.15. The number of halogens is 1. The molecule has 1 saturated carbocycles. The van der Waals surface area contributed by atoms with E-state index in [4.69, 9.17) is 4.74 Å². The molecule has 1 aliphatic rings. The van der Waals surface area contributed by atoms with Crippen molar-refractivity contribution in [1.82, 2.24) is 0 Å². The van der Waals surface area contributed by atoms with Gasteiger partial charge in [0.15, 0.2) is 0 Å². The fourth-order valence-electron chi connectivity index (χ4n) is 3.22. The number of rotatable bonds is 7. The van der Waals surface area contributed by atoms with Gasteiger partial charge in [0.25, 0.3) is 0 Å². The Morgan fingerprint density at radius 2 is 1.93 bits per heavy atom. The van der Waals surface area contributed by atoms with E-state index < -0.39 is 11.8 Å². The van der Waals surface area contributed by atoms with Gasteiger partial charge >= 0.3 is 5.97 Å². The van der Waals surface area contributed by atoms with Crippen LogP contribution in [0.15, 0.2) is 48.6 Å². The maximum atomic E-state index is 13.3. The zero-order valence-corrected chi connectivity index (χ0v) is 16.7. The Bertz CT molecular complexity index is 965. The summed E-state index contributed by atoms with van der Waals surface area (Å²) < 4.78 is 19.4. The highest BCUT2D eigenvalue weighted by Gasteiger charge is 2.27. The first-order chi connectivity index (χ1) is 13.8. The van der Waals surface area contributed by atoms with Crippen LogP contribution in [0.25, 0.3) is 5.57 Å². The van der Waals surface area contributed by atoms with Gasteiger partial charge in [-0.05, 0) is 68.9 Å². The molecule has 0 radical (unpaired) electrons. The van der Waals surface area contributed by atoms with E-state index >= 15 is 0 Å². The van der Waals surface area contributed by atoms with Gasteiger partial charge in [-0.25, -0.2) is 9.18 Å². The predicted octanol–water partition coefficient (Wildman–Crippen LogP) is 5.73. The number of ether oxygens (including phenoxy) is 1. The summed E-state index contributed by atoms with van der Waals surface area (Å²) in [5.74, 6) is -1.50. The summed E-state index contributed by atoms with van der Waals surface area (Å²) in [6.45, 7) is 7.88. The lowest BCUT2D eigenvalue weighted by Gasteiger charge is -2.28. The van der Waals surface area contributed by atoms with E-state index in [0.29, 0.717) is 28.9 Å². The van der Waals surface area contributed by atoms with Crippen LogP contribution in [0.4, 0.5) is 4.39 Å². The van der Waals surface area contributed by atoms with Crippen LogP contribution in [0, 0.1) is 5.82 Å². The summed E-state index contributed by atoms with van der Waals surface area (Å²) >= 11 is 0. The van der Waals surface area contributed by atoms with Gasteiger partial charge in [-0.2, -0.15) is 0 Å². The number of allylic oxidation sites excluding steroid dienone is 2. The molecule has 0 aromatic heterocycles. The second-order valence-electron chi connectivity index (χ2n) is 7.57. The molecular formula is C24H25FO4. The van der Waals surface area contributed by atoms with Crippen molar-refractivity contribution in [3.05, 3.63) is 76.6 Å². The average Bonchev–Trinajstić information content (AvgIpc) is 2.63. The number of hydrogen-bond acceptors (Lipinski definition) is 3. The van der Waals surface area contributed by atoms with Gasteiger partial charge in [-0.1, -0.05) is 30.4 Å². The largest absolute Gasteiger partial charge is 0.507 e. The van der Waals surface area contributed by atoms with Crippen LogP contribution in [0.2, 0.25) is 0 Å². The Morgan fingerprint density at radius 3 is 2.45 bits per heavy atom. The number of carboxylic acids is 1. The Kier molecular flexibility index (Phi) is 6.06. The Labute approximate surface area is 170 Å². The van der Waals surface area contributed by atoms with Crippen LogP contribution in [-0.2, 0) is 6.42 Å². The van der Waals surface area contributed by atoms with Crippen LogP contribution >= 0.6 is 0 Å². The lowest BCUT2D eigenvalue weighted by atomic mass is 9.90. The minimum Gasteiger partial charge on any atom is -0.507 e. The van der Waals surface area contributed by atoms with E-state index in [1.54, 1.807) is 6.07 Å². The number of benzene rings is 2. The molecule has 29 heavy (non-hydrogen) atoms. The van der Waals surface area contributed by atoms with E-state index in [2.05, 4.69) is 6.58 Å². The number of aromatic hydroxyl groups is 1. The number of aromatic carboxylic acids is 1. The molecule has 1 aliphatic carbocycles. The first-order valence-corrected chi connectivity index (χ1v) is 9.65. The summed E-state index contributed by atoms with van der Waals surface area (Å²) in [5.41, 5.74) is 2.49. The Morgan fingerprint density at radius 1 is 1.28 bits per heavy atom. The zero-order valence-electron chi connectivity index (χ0n) is 16.7. The third kappa shape index (κ3) is 4.50. The highest BCUT2D eigenvalue weighted by molar-refractivity contribution is 6.00. The molecular weight excluding hydrogens is 371 g/mol. The fourth-order valence-corrected chi connectivity index (χ4v) is 3.22. The van der Waals surface area contributed by atoms with Gasteiger partial charge in [-0.15, -0.1) is 0 Å². The van der Waals surface area contributed by atoms with Crippen LogP contribution in [-0.4, -0.2) is 22.3 Å². The van der Waals surface area contributed by atoms with Crippen LogP contribution < -0.4 is 4.74 Å². The molecule has 0 atom stereocenters. The topological polar surface area (TPSA) is 66.8 Å². The van der Waals surface area contributed by atoms with Crippen LogP contribution in [0.5, 0.6) is 11.5 Å². The van der Waals surface area contributed by atoms with Gasteiger partial charge in [0, 0.05) is 11.1 Å². The van der Waals surface area contributed by atoms with Crippen molar-refractivity contribution < 1.29 is 24.1 Å². The zero-order chi connectivity index (χ0) is 21.1. The summed E-state index contributed by atoms with van der Waals surface area (Å²) in [5, 5.41) is 20.7. The van der Waals surface area contributed by atoms with Crippen molar-refractivity contribution >= 4 is 11.5 Å². The molecule has 2 N–H and O–H groups in total. The molecule has 3 rings (SSSR count). The van der Waals surface area contributed by atoms with Gasteiger partial charge < -0.3 is 14.9 Å². The summed E-state index contributed by atoms with van der Waals surface area (Å²) in [4.78, 5) is 12.0. The average molecular weight is 396 g/mol. The van der Waals surface area contributed by atoms with E-state index in [9.17, 15) is 19.4 Å². The van der Waals surface area contributed by atoms with Crippen molar-refractivity contribution in [2.24, 2.45) is 0 Å². The standard InChI is InChI=1S/C24H25FO4/c1-14(2)7-12-19-21(29-18-5-4-6-18)13-20(22(23(19)26)24(27)28)15(3)16-8-10-17(25)11-9-16/h7-11,13,18,26H,3-6,12H2,1-2H3,(H,27,28). The van der Waals surface area contributed by atoms with Gasteiger partial charge in [0.2, 0.25) is 0 Å². The molecule has 2 aromatic rings. The molecule has 0 unspecified atom stereocenters. The quantitative estimate of drug-likeness (QED) is 0.587. The van der Waals surface area contributed by atoms with Gasteiger partial charge in [0.1, 0.15) is 22.9 Å². The van der Waals surface area contributed by atoms with E-state index in [0.717, 1.165) is 24.8 Å². The van der Waals surface area contributed by atoms with Gasteiger partial charge in [-0.3, -0.25) is 0 Å². The lowest BCUT2D eigenvalue weighted by Crippen LogP contribution is -2.25. The predicted molar refractivity (Wildman–Crippen MR) is 111 cm³/mol. The minimum absolute atomic E-state index is 0.0578. The molecule has 0 heterocycles. The summed E-state index contributed by atoms with van der Waals surface area (Å²) in [6.07, 6.45) is 5.28. The maximum absolute atomic E-state index is 13.3. The molecule has 0 bridgehead atoms. The third-order valence-corrected chi connectivity index (χ3v) is 5.16. The third-order valence-electron chi connectivity index (χ3n) is 5.16. The smallest absolute Gasteiger partial charge is 0.340 e.